The van der Waals surface area contributed by atoms with Crippen LogP contribution in [0.5, 0.6) is 0 Å². The fourth-order valence-electron chi connectivity index (χ4n) is 1.04. The highest BCUT2D eigenvalue weighted by atomic mass is 16.5. The van der Waals surface area contributed by atoms with Crippen molar-refractivity contribution in [2.75, 3.05) is 11.1 Å². The predicted molar refractivity (Wildman–Crippen MR) is 53.2 cm³/mol. The normalized spacial score (nSPS) is 10.1. The van der Waals surface area contributed by atoms with E-state index in [0.717, 1.165) is 11.4 Å². The van der Waals surface area contributed by atoms with E-state index in [1.807, 2.05) is 12.1 Å². The molecule has 0 atom stereocenters. The minimum atomic E-state index is 0.382. The predicted octanol–water partition coefficient (Wildman–Crippen LogP) is 1.70. The monoisotopic (exact) mass is 190 g/mol. The van der Waals surface area contributed by atoms with E-state index >= 15 is 0 Å². The number of benzene rings is 1. The first kappa shape index (κ1) is 8.55. The van der Waals surface area contributed by atoms with Crippen LogP contribution in [0.2, 0.25) is 0 Å². The van der Waals surface area contributed by atoms with Crippen molar-refractivity contribution in [1.82, 2.24) is 10.1 Å². The lowest BCUT2D eigenvalue weighted by Gasteiger charge is -1.99. The molecule has 2 aromatic rings. The Hall–Kier alpha value is -2.04. The molecule has 2 rings (SSSR count). The summed E-state index contributed by atoms with van der Waals surface area (Å²) in [6.45, 7) is 1.76. The fourth-order valence-corrected chi connectivity index (χ4v) is 1.04. The highest BCUT2D eigenvalue weighted by Gasteiger charge is 2.01. The van der Waals surface area contributed by atoms with E-state index in [2.05, 4.69) is 15.5 Å². The average Bonchev–Trinajstić information content (AvgIpc) is 2.56. The van der Waals surface area contributed by atoms with Crippen LogP contribution in [0, 0.1) is 6.92 Å². The van der Waals surface area contributed by atoms with E-state index in [1.54, 1.807) is 19.1 Å². The fraction of sp³-hybridized carbons (Fsp3) is 0.111. The molecule has 1 heterocycles. The second-order valence-electron chi connectivity index (χ2n) is 2.89. The van der Waals surface area contributed by atoms with Crippen LogP contribution in [-0.2, 0) is 0 Å². The van der Waals surface area contributed by atoms with Gasteiger partial charge in [-0.3, -0.25) is 0 Å². The zero-order chi connectivity index (χ0) is 9.97. The average molecular weight is 190 g/mol. The highest BCUT2D eigenvalue weighted by Crippen LogP contribution is 2.15. The number of hydrogen-bond acceptors (Lipinski definition) is 5. The summed E-state index contributed by atoms with van der Waals surface area (Å²) in [4.78, 5) is 4.01. The molecule has 1 aromatic heterocycles. The van der Waals surface area contributed by atoms with Gasteiger partial charge in [-0.15, -0.1) is 0 Å². The maximum absolute atomic E-state index is 5.54. The van der Waals surface area contributed by atoms with Gasteiger partial charge in [0, 0.05) is 11.4 Å². The zero-order valence-corrected chi connectivity index (χ0v) is 7.69. The first-order valence-electron chi connectivity index (χ1n) is 4.17. The van der Waals surface area contributed by atoms with Gasteiger partial charge in [0.2, 0.25) is 0 Å². The maximum Gasteiger partial charge on any atom is 0.325 e. The third kappa shape index (κ3) is 1.82. The number of anilines is 3. The van der Waals surface area contributed by atoms with E-state index in [1.165, 1.54) is 0 Å². The molecule has 0 aliphatic heterocycles. The summed E-state index contributed by atoms with van der Waals surface area (Å²) in [7, 11) is 0. The molecule has 5 nitrogen and oxygen atoms in total. The molecule has 0 radical (unpaired) electrons. The lowest BCUT2D eigenvalue weighted by molar-refractivity contribution is 0.428. The third-order valence-corrected chi connectivity index (χ3v) is 1.69. The molecule has 3 N–H and O–H groups in total. The Bertz CT molecular complexity index is 421. The van der Waals surface area contributed by atoms with Gasteiger partial charge < -0.3 is 15.6 Å². The number of aryl methyl sites for hydroxylation is 1. The van der Waals surface area contributed by atoms with Crippen LogP contribution in [0.1, 0.15) is 5.82 Å². The molecule has 0 unspecified atom stereocenters. The van der Waals surface area contributed by atoms with Crippen LogP contribution in [0.25, 0.3) is 0 Å². The molecule has 0 aliphatic rings. The lowest BCUT2D eigenvalue weighted by atomic mass is 10.3. The summed E-state index contributed by atoms with van der Waals surface area (Å²) in [6, 6.07) is 7.66. The van der Waals surface area contributed by atoms with Gasteiger partial charge in [-0.05, 0) is 31.2 Å². The van der Waals surface area contributed by atoms with Gasteiger partial charge in [0.25, 0.3) is 0 Å². The molecule has 14 heavy (non-hydrogen) atoms. The highest BCUT2D eigenvalue weighted by molar-refractivity contribution is 5.56. The third-order valence-electron chi connectivity index (χ3n) is 1.69. The van der Waals surface area contributed by atoms with Crippen molar-refractivity contribution in [2.24, 2.45) is 0 Å². The summed E-state index contributed by atoms with van der Waals surface area (Å²) in [5, 5.41) is 6.61. The molecular formula is C9H10N4O. The van der Waals surface area contributed by atoms with E-state index in [-0.39, 0.29) is 0 Å². The maximum atomic E-state index is 5.54. The summed E-state index contributed by atoms with van der Waals surface area (Å²) in [5.41, 5.74) is 7.13. The van der Waals surface area contributed by atoms with Crippen LogP contribution >= 0.6 is 0 Å². The van der Waals surface area contributed by atoms with Crippen molar-refractivity contribution in [3.05, 3.63) is 30.1 Å². The van der Waals surface area contributed by atoms with Crippen LogP contribution in [0.4, 0.5) is 17.4 Å². The van der Waals surface area contributed by atoms with Crippen molar-refractivity contribution >= 4 is 17.4 Å². The smallest absolute Gasteiger partial charge is 0.325 e. The number of nitrogens with two attached hydrogens (primary N) is 1. The van der Waals surface area contributed by atoms with Crippen LogP contribution in [0.15, 0.2) is 28.8 Å². The standard InChI is InChI=1S/C9H10N4O/c1-6-11-9(14-13-6)12-8-4-2-7(10)3-5-8/h2-5H,10H2,1H3,(H,11,12,13). The Balaban J connectivity index is 2.15. The SMILES string of the molecule is Cc1noc(Nc2ccc(N)cc2)n1. The number of aromatic nitrogens is 2. The van der Waals surface area contributed by atoms with E-state index in [4.69, 9.17) is 10.3 Å². The summed E-state index contributed by atoms with van der Waals surface area (Å²) >= 11 is 0. The molecule has 0 saturated carbocycles. The van der Waals surface area contributed by atoms with Crippen molar-refractivity contribution in [3.63, 3.8) is 0 Å². The minimum Gasteiger partial charge on any atom is -0.399 e. The van der Waals surface area contributed by atoms with Crippen molar-refractivity contribution in [3.8, 4) is 0 Å². The number of hydrogen-bond donors (Lipinski definition) is 2. The van der Waals surface area contributed by atoms with Crippen molar-refractivity contribution < 1.29 is 4.52 Å². The van der Waals surface area contributed by atoms with Gasteiger partial charge in [-0.2, -0.15) is 4.98 Å². The Morgan fingerprint density at radius 1 is 1.29 bits per heavy atom. The number of nitrogen functional groups attached to an aromatic ring is 1. The molecule has 0 bridgehead atoms. The second-order valence-corrected chi connectivity index (χ2v) is 2.89. The summed E-state index contributed by atoms with van der Waals surface area (Å²) < 4.78 is 4.89. The molecule has 1 aromatic carbocycles. The van der Waals surface area contributed by atoms with Gasteiger partial charge >= 0.3 is 6.01 Å². The second kappa shape index (κ2) is 3.37. The minimum absolute atomic E-state index is 0.382. The van der Waals surface area contributed by atoms with Crippen molar-refractivity contribution in [2.45, 2.75) is 6.92 Å². The lowest BCUT2D eigenvalue weighted by Crippen LogP contribution is -1.91. The van der Waals surface area contributed by atoms with Crippen LogP contribution in [-0.4, -0.2) is 10.1 Å². The van der Waals surface area contributed by atoms with Gasteiger partial charge in [0.05, 0.1) is 0 Å². The molecule has 0 saturated heterocycles. The van der Waals surface area contributed by atoms with E-state index < -0.39 is 0 Å². The van der Waals surface area contributed by atoms with Gasteiger partial charge in [-0.25, -0.2) is 0 Å². The topological polar surface area (TPSA) is 77.0 Å². The number of nitrogens with one attached hydrogen (secondary N) is 1. The molecule has 0 amide bonds. The zero-order valence-electron chi connectivity index (χ0n) is 7.69. The molecule has 0 spiro atoms. The quantitative estimate of drug-likeness (QED) is 0.705. The Morgan fingerprint density at radius 2 is 2.00 bits per heavy atom. The molecule has 0 aliphatic carbocycles. The Kier molecular flexibility index (Phi) is 2.06. The molecule has 5 heteroatoms. The van der Waals surface area contributed by atoms with Gasteiger partial charge in [0.1, 0.15) is 0 Å². The largest absolute Gasteiger partial charge is 0.399 e. The van der Waals surface area contributed by atoms with Gasteiger partial charge in [-0.1, -0.05) is 5.16 Å². The van der Waals surface area contributed by atoms with Crippen LogP contribution < -0.4 is 11.1 Å². The van der Waals surface area contributed by atoms with Crippen LogP contribution in [0.3, 0.4) is 0 Å². The van der Waals surface area contributed by atoms with E-state index in [9.17, 15) is 0 Å². The Labute approximate surface area is 80.9 Å². The first-order valence-corrected chi connectivity index (χ1v) is 4.17. The Morgan fingerprint density at radius 3 is 2.57 bits per heavy atom. The van der Waals surface area contributed by atoms with E-state index in [0.29, 0.717) is 11.8 Å². The van der Waals surface area contributed by atoms with Crippen molar-refractivity contribution in [1.29, 1.82) is 0 Å². The summed E-state index contributed by atoms with van der Waals surface area (Å²) in [5.74, 6) is 0.600. The number of nitrogens with zero attached hydrogens (tertiary/aromatic N) is 2. The molecular weight excluding hydrogens is 180 g/mol. The molecule has 72 valence electrons. The van der Waals surface area contributed by atoms with Gasteiger partial charge in [0.15, 0.2) is 5.82 Å². The first-order chi connectivity index (χ1) is 6.74. The molecule has 0 fully saturated rings. The number of rotatable bonds is 2. The summed E-state index contributed by atoms with van der Waals surface area (Å²) in [6.07, 6.45) is 0.